The van der Waals surface area contributed by atoms with Gasteiger partial charge in [-0.25, -0.2) is 0 Å². The molecule has 1 amide bonds. The van der Waals surface area contributed by atoms with Crippen molar-refractivity contribution in [2.75, 3.05) is 0 Å². The van der Waals surface area contributed by atoms with E-state index in [4.69, 9.17) is 11.5 Å². The van der Waals surface area contributed by atoms with Gasteiger partial charge in [-0.3, -0.25) is 4.79 Å². The summed E-state index contributed by atoms with van der Waals surface area (Å²) in [7, 11) is 0. The van der Waals surface area contributed by atoms with Crippen LogP contribution >= 0.6 is 0 Å². The third kappa shape index (κ3) is 2.12. The summed E-state index contributed by atoms with van der Waals surface area (Å²) in [4.78, 5) is 10.4. The standard InChI is InChI=1S/C9H10N2O/c10-8(6-9(11)12)7-4-2-1-3-5-7/h1-6H,10H2,(H2,11,12)/b8-6+. The fourth-order valence-electron chi connectivity index (χ4n) is 0.867. The molecule has 3 heteroatoms. The maximum atomic E-state index is 10.4. The van der Waals surface area contributed by atoms with Gasteiger partial charge in [0.05, 0.1) is 0 Å². The molecular formula is C9H10N2O. The van der Waals surface area contributed by atoms with Crippen LogP contribution < -0.4 is 11.5 Å². The molecule has 0 saturated carbocycles. The molecule has 0 fully saturated rings. The van der Waals surface area contributed by atoms with Crippen molar-refractivity contribution in [2.24, 2.45) is 11.5 Å². The zero-order chi connectivity index (χ0) is 8.97. The molecule has 0 aliphatic heterocycles. The fourth-order valence-corrected chi connectivity index (χ4v) is 0.867. The Morgan fingerprint density at radius 3 is 2.25 bits per heavy atom. The van der Waals surface area contributed by atoms with Gasteiger partial charge < -0.3 is 11.5 Å². The zero-order valence-corrected chi connectivity index (χ0v) is 6.53. The van der Waals surface area contributed by atoms with Crippen molar-refractivity contribution < 1.29 is 4.79 Å². The lowest BCUT2D eigenvalue weighted by Gasteiger charge is -1.98. The molecule has 3 nitrogen and oxygen atoms in total. The predicted molar refractivity (Wildman–Crippen MR) is 47.8 cm³/mol. The van der Waals surface area contributed by atoms with E-state index in [0.717, 1.165) is 5.56 Å². The molecule has 0 bridgehead atoms. The Kier molecular flexibility index (Phi) is 2.48. The SMILES string of the molecule is NC(=O)/C=C(/N)c1ccccc1. The van der Waals surface area contributed by atoms with Crippen molar-refractivity contribution in [2.45, 2.75) is 0 Å². The van der Waals surface area contributed by atoms with Crippen LogP contribution in [0.3, 0.4) is 0 Å². The molecule has 1 aromatic carbocycles. The van der Waals surface area contributed by atoms with Gasteiger partial charge >= 0.3 is 0 Å². The summed E-state index contributed by atoms with van der Waals surface area (Å²) in [6.07, 6.45) is 1.20. The Balaban J connectivity index is 2.93. The van der Waals surface area contributed by atoms with E-state index >= 15 is 0 Å². The Bertz CT molecular complexity index is 304. The van der Waals surface area contributed by atoms with Crippen molar-refractivity contribution in [3.05, 3.63) is 42.0 Å². The lowest BCUT2D eigenvalue weighted by Crippen LogP contribution is -2.09. The average Bonchev–Trinajstić information content (AvgIpc) is 2.05. The minimum atomic E-state index is -0.531. The molecule has 0 saturated heterocycles. The molecule has 0 unspecified atom stereocenters. The lowest BCUT2D eigenvalue weighted by molar-refractivity contribution is -0.113. The van der Waals surface area contributed by atoms with Crippen LogP contribution in [0.1, 0.15) is 5.56 Å². The van der Waals surface area contributed by atoms with E-state index in [0.29, 0.717) is 5.70 Å². The van der Waals surface area contributed by atoms with E-state index in [9.17, 15) is 4.79 Å². The third-order valence-corrected chi connectivity index (χ3v) is 1.40. The molecule has 0 spiro atoms. The van der Waals surface area contributed by atoms with Crippen molar-refractivity contribution in [3.8, 4) is 0 Å². The molecule has 1 rings (SSSR count). The highest BCUT2D eigenvalue weighted by molar-refractivity contribution is 5.93. The number of amides is 1. The monoisotopic (exact) mass is 162 g/mol. The second kappa shape index (κ2) is 3.57. The average molecular weight is 162 g/mol. The number of hydrogen-bond donors (Lipinski definition) is 2. The maximum absolute atomic E-state index is 10.4. The van der Waals surface area contributed by atoms with Crippen molar-refractivity contribution in [1.29, 1.82) is 0 Å². The highest BCUT2D eigenvalue weighted by atomic mass is 16.1. The van der Waals surface area contributed by atoms with Crippen molar-refractivity contribution in [3.63, 3.8) is 0 Å². The summed E-state index contributed by atoms with van der Waals surface area (Å²) in [6, 6.07) is 9.19. The first-order valence-electron chi connectivity index (χ1n) is 3.52. The molecule has 12 heavy (non-hydrogen) atoms. The molecule has 0 atom stereocenters. The number of hydrogen-bond acceptors (Lipinski definition) is 2. The summed E-state index contributed by atoms with van der Waals surface area (Å²) in [6.45, 7) is 0. The highest BCUT2D eigenvalue weighted by Gasteiger charge is 1.95. The van der Waals surface area contributed by atoms with E-state index in [1.165, 1.54) is 6.08 Å². The van der Waals surface area contributed by atoms with Gasteiger partial charge in [0.15, 0.2) is 0 Å². The number of nitrogens with two attached hydrogens (primary N) is 2. The fraction of sp³-hybridized carbons (Fsp3) is 0. The Labute approximate surface area is 70.7 Å². The number of rotatable bonds is 2. The van der Waals surface area contributed by atoms with Crippen LogP contribution in [-0.2, 0) is 4.79 Å². The van der Waals surface area contributed by atoms with Crippen LogP contribution in [0, 0.1) is 0 Å². The minimum Gasteiger partial charge on any atom is -0.398 e. The first-order chi connectivity index (χ1) is 5.70. The molecule has 0 radical (unpaired) electrons. The van der Waals surface area contributed by atoms with Crippen LogP contribution in [0.4, 0.5) is 0 Å². The first-order valence-corrected chi connectivity index (χ1v) is 3.52. The van der Waals surface area contributed by atoms with E-state index in [-0.39, 0.29) is 0 Å². The number of benzene rings is 1. The van der Waals surface area contributed by atoms with Crippen LogP contribution in [0.25, 0.3) is 5.70 Å². The van der Waals surface area contributed by atoms with E-state index in [2.05, 4.69) is 0 Å². The largest absolute Gasteiger partial charge is 0.398 e. The van der Waals surface area contributed by atoms with E-state index < -0.39 is 5.91 Å². The quantitative estimate of drug-likeness (QED) is 0.621. The van der Waals surface area contributed by atoms with Crippen LogP contribution in [-0.4, -0.2) is 5.91 Å². The van der Waals surface area contributed by atoms with Gasteiger partial charge in [-0.05, 0) is 5.56 Å². The first kappa shape index (κ1) is 8.33. The third-order valence-electron chi connectivity index (χ3n) is 1.40. The molecule has 0 aromatic heterocycles. The van der Waals surface area contributed by atoms with Gasteiger partial charge in [0.1, 0.15) is 0 Å². The number of carbonyl (C=O) groups is 1. The molecule has 0 aliphatic rings. The van der Waals surface area contributed by atoms with Gasteiger partial charge in [-0.1, -0.05) is 30.3 Å². The summed E-state index contributed by atoms with van der Waals surface area (Å²) in [5.41, 5.74) is 11.7. The Morgan fingerprint density at radius 2 is 1.75 bits per heavy atom. The number of carbonyl (C=O) groups excluding carboxylic acids is 1. The molecule has 4 N–H and O–H groups in total. The smallest absolute Gasteiger partial charge is 0.243 e. The predicted octanol–water partition coefficient (Wildman–Crippen LogP) is 0.471. The minimum absolute atomic E-state index is 0.392. The summed E-state index contributed by atoms with van der Waals surface area (Å²) >= 11 is 0. The van der Waals surface area contributed by atoms with E-state index in [1.54, 1.807) is 0 Å². The molecule has 62 valence electrons. The van der Waals surface area contributed by atoms with Gasteiger partial charge in [0.2, 0.25) is 5.91 Å². The summed E-state index contributed by atoms with van der Waals surface area (Å²) in [5, 5.41) is 0. The Morgan fingerprint density at radius 1 is 1.17 bits per heavy atom. The van der Waals surface area contributed by atoms with Gasteiger partial charge in [0, 0.05) is 11.8 Å². The van der Waals surface area contributed by atoms with Crippen LogP contribution in [0.15, 0.2) is 36.4 Å². The normalized spacial score (nSPS) is 11.2. The summed E-state index contributed by atoms with van der Waals surface area (Å²) in [5.74, 6) is -0.531. The topological polar surface area (TPSA) is 69.1 Å². The maximum Gasteiger partial charge on any atom is 0.243 e. The lowest BCUT2D eigenvalue weighted by atomic mass is 10.1. The van der Waals surface area contributed by atoms with Crippen LogP contribution in [0.2, 0.25) is 0 Å². The van der Waals surface area contributed by atoms with E-state index in [1.807, 2.05) is 30.3 Å². The summed E-state index contributed by atoms with van der Waals surface area (Å²) < 4.78 is 0. The zero-order valence-electron chi connectivity index (χ0n) is 6.53. The van der Waals surface area contributed by atoms with Gasteiger partial charge in [-0.2, -0.15) is 0 Å². The Hall–Kier alpha value is -1.77. The van der Waals surface area contributed by atoms with Gasteiger partial charge in [-0.15, -0.1) is 0 Å². The molecule has 0 heterocycles. The van der Waals surface area contributed by atoms with Crippen LogP contribution in [0.5, 0.6) is 0 Å². The van der Waals surface area contributed by atoms with Crippen molar-refractivity contribution >= 4 is 11.6 Å². The highest BCUT2D eigenvalue weighted by Crippen LogP contribution is 2.06. The van der Waals surface area contributed by atoms with Gasteiger partial charge in [0.25, 0.3) is 0 Å². The molecular weight excluding hydrogens is 152 g/mol. The molecule has 1 aromatic rings. The molecule has 0 aliphatic carbocycles. The van der Waals surface area contributed by atoms with Crippen molar-refractivity contribution in [1.82, 2.24) is 0 Å². The second-order valence-corrected chi connectivity index (χ2v) is 2.37. The second-order valence-electron chi connectivity index (χ2n) is 2.37. The number of primary amides is 1.